The van der Waals surface area contributed by atoms with Gasteiger partial charge in [0.15, 0.2) is 0 Å². The summed E-state index contributed by atoms with van der Waals surface area (Å²) in [6.45, 7) is 6.36. The fourth-order valence-electron chi connectivity index (χ4n) is 3.73. The zero-order valence-corrected chi connectivity index (χ0v) is 22.9. The summed E-state index contributed by atoms with van der Waals surface area (Å²) in [4.78, 5) is 24.2. The van der Waals surface area contributed by atoms with E-state index in [0.29, 0.717) is 44.9 Å². The lowest BCUT2D eigenvalue weighted by molar-refractivity contribution is -0.153. The highest BCUT2D eigenvalue weighted by Crippen LogP contribution is 2.10. The van der Waals surface area contributed by atoms with Crippen molar-refractivity contribution in [1.82, 2.24) is 15.0 Å². The van der Waals surface area contributed by atoms with Crippen molar-refractivity contribution in [2.45, 2.75) is 116 Å². The van der Waals surface area contributed by atoms with E-state index in [1.54, 1.807) is 18.0 Å². The third-order valence-electron chi connectivity index (χ3n) is 5.84. The lowest BCUT2D eigenvalue weighted by Crippen LogP contribution is -2.29. The first kappa shape index (κ1) is 32.0. The SMILES string of the molecule is CCCCCCCCOCC(Cn1cc(CCC(=O)OCCOC)nn1)OC(=O)CCCCCCC. The van der Waals surface area contributed by atoms with Crippen LogP contribution < -0.4 is 0 Å². The predicted octanol–water partition coefficient (Wildman–Crippen LogP) is 5.05. The highest BCUT2D eigenvalue weighted by molar-refractivity contribution is 5.69. The molecule has 0 spiro atoms. The van der Waals surface area contributed by atoms with Crippen LogP contribution in [0.15, 0.2) is 6.20 Å². The third kappa shape index (κ3) is 17.4. The van der Waals surface area contributed by atoms with Crippen LogP contribution in [0.1, 0.15) is 103 Å². The molecule has 208 valence electrons. The highest BCUT2D eigenvalue weighted by atomic mass is 16.6. The molecule has 0 saturated heterocycles. The maximum atomic E-state index is 12.4. The Morgan fingerprint density at radius 3 is 2.28 bits per heavy atom. The van der Waals surface area contributed by atoms with Gasteiger partial charge in [0.1, 0.15) is 12.7 Å². The minimum Gasteiger partial charge on any atom is -0.463 e. The Kier molecular flexibility index (Phi) is 19.8. The van der Waals surface area contributed by atoms with E-state index in [2.05, 4.69) is 24.2 Å². The molecule has 9 heteroatoms. The monoisotopic (exact) mass is 511 g/mol. The van der Waals surface area contributed by atoms with Gasteiger partial charge >= 0.3 is 11.9 Å². The molecule has 36 heavy (non-hydrogen) atoms. The standard InChI is InChI=1S/C27H49N3O6/c1-4-6-8-10-12-14-18-34-23-25(36-27(32)15-13-11-9-7-5-2)22-30-21-24(28-29-30)16-17-26(31)35-20-19-33-3/h21,25H,4-20,22-23H2,1-3H3. The molecule has 0 radical (unpaired) electrons. The van der Waals surface area contributed by atoms with Crippen LogP contribution in [0.3, 0.4) is 0 Å². The molecule has 0 amide bonds. The first-order chi connectivity index (χ1) is 17.6. The Morgan fingerprint density at radius 1 is 0.861 bits per heavy atom. The lowest BCUT2D eigenvalue weighted by Gasteiger charge is -2.18. The third-order valence-corrected chi connectivity index (χ3v) is 5.84. The molecule has 0 aliphatic heterocycles. The van der Waals surface area contributed by atoms with Gasteiger partial charge < -0.3 is 18.9 Å². The second-order valence-electron chi connectivity index (χ2n) is 9.26. The number of rotatable bonds is 24. The zero-order valence-electron chi connectivity index (χ0n) is 22.9. The number of carbonyl (C=O) groups excluding carboxylic acids is 2. The summed E-state index contributed by atoms with van der Waals surface area (Å²) < 4.78 is 23.2. The molecular formula is C27H49N3O6. The Labute approximate surface area is 217 Å². The van der Waals surface area contributed by atoms with E-state index < -0.39 is 6.10 Å². The van der Waals surface area contributed by atoms with Gasteiger partial charge in [-0.05, 0) is 12.8 Å². The summed E-state index contributed by atoms with van der Waals surface area (Å²) in [6, 6.07) is 0. The first-order valence-corrected chi connectivity index (χ1v) is 13.9. The van der Waals surface area contributed by atoms with Crippen molar-refractivity contribution in [3.63, 3.8) is 0 Å². The number of ether oxygens (including phenoxy) is 4. The molecule has 1 heterocycles. The van der Waals surface area contributed by atoms with Gasteiger partial charge in [0, 0.05) is 32.8 Å². The molecule has 1 aromatic heterocycles. The number of nitrogens with zero attached hydrogens (tertiary/aromatic N) is 3. The minimum absolute atomic E-state index is 0.196. The number of hydrogen-bond acceptors (Lipinski definition) is 8. The van der Waals surface area contributed by atoms with Crippen molar-refractivity contribution in [2.75, 3.05) is 33.5 Å². The minimum atomic E-state index is -0.429. The van der Waals surface area contributed by atoms with Crippen LogP contribution in [-0.2, 0) is 41.5 Å². The topological polar surface area (TPSA) is 102 Å². The summed E-state index contributed by atoms with van der Waals surface area (Å²) in [7, 11) is 1.56. The number of aryl methyl sites for hydroxylation is 1. The lowest BCUT2D eigenvalue weighted by atomic mass is 10.1. The van der Waals surface area contributed by atoms with Gasteiger partial charge in [-0.25, -0.2) is 4.68 Å². The average Bonchev–Trinajstić information content (AvgIpc) is 3.31. The van der Waals surface area contributed by atoms with E-state index in [-0.39, 0.29) is 25.0 Å². The summed E-state index contributed by atoms with van der Waals surface area (Å²) >= 11 is 0. The van der Waals surface area contributed by atoms with E-state index in [0.717, 1.165) is 32.1 Å². The van der Waals surface area contributed by atoms with Crippen molar-refractivity contribution in [3.05, 3.63) is 11.9 Å². The van der Waals surface area contributed by atoms with Crippen molar-refractivity contribution in [3.8, 4) is 0 Å². The number of esters is 2. The molecule has 0 aromatic carbocycles. The first-order valence-electron chi connectivity index (χ1n) is 13.9. The highest BCUT2D eigenvalue weighted by Gasteiger charge is 2.17. The Morgan fingerprint density at radius 2 is 1.56 bits per heavy atom. The number of aromatic nitrogens is 3. The molecular weight excluding hydrogens is 462 g/mol. The summed E-state index contributed by atoms with van der Waals surface area (Å²) in [6.07, 6.45) is 15.0. The molecule has 1 aromatic rings. The van der Waals surface area contributed by atoms with E-state index in [9.17, 15) is 9.59 Å². The van der Waals surface area contributed by atoms with Crippen LogP contribution in [0.5, 0.6) is 0 Å². The fourth-order valence-corrected chi connectivity index (χ4v) is 3.73. The smallest absolute Gasteiger partial charge is 0.306 e. The number of methoxy groups -OCH3 is 1. The normalized spacial score (nSPS) is 12.0. The van der Waals surface area contributed by atoms with Gasteiger partial charge in [0.05, 0.1) is 31.9 Å². The Balaban J connectivity index is 2.47. The van der Waals surface area contributed by atoms with E-state index in [1.165, 1.54) is 38.5 Å². The molecule has 1 unspecified atom stereocenters. The molecule has 0 aliphatic carbocycles. The van der Waals surface area contributed by atoms with Crippen molar-refractivity contribution in [1.29, 1.82) is 0 Å². The van der Waals surface area contributed by atoms with Gasteiger partial charge in [-0.2, -0.15) is 0 Å². The Bertz CT molecular complexity index is 682. The second-order valence-corrected chi connectivity index (χ2v) is 9.26. The summed E-state index contributed by atoms with van der Waals surface area (Å²) in [5, 5.41) is 8.29. The van der Waals surface area contributed by atoms with E-state index in [4.69, 9.17) is 18.9 Å². The summed E-state index contributed by atoms with van der Waals surface area (Å²) in [5.74, 6) is -0.491. The molecule has 0 saturated carbocycles. The molecule has 1 rings (SSSR count). The van der Waals surface area contributed by atoms with Crippen molar-refractivity contribution >= 4 is 11.9 Å². The zero-order chi connectivity index (χ0) is 26.3. The maximum Gasteiger partial charge on any atom is 0.306 e. The van der Waals surface area contributed by atoms with Crippen LogP contribution >= 0.6 is 0 Å². The van der Waals surface area contributed by atoms with E-state index in [1.807, 2.05) is 0 Å². The summed E-state index contributed by atoms with van der Waals surface area (Å²) in [5.41, 5.74) is 0.688. The van der Waals surface area contributed by atoms with Crippen LogP contribution in [-0.4, -0.2) is 66.6 Å². The maximum absolute atomic E-state index is 12.4. The molecule has 0 fully saturated rings. The predicted molar refractivity (Wildman–Crippen MR) is 139 cm³/mol. The average molecular weight is 512 g/mol. The van der Waals surface area contributed by atoms with Crippen LogP contribution in [0, 0.1) is 0 Å². The largest absolute Gasteiger partial charge is 0.463 e. The van der Waals surface area contributed by atoms with Crippen LogP contribution in [0.2, 0.25) is 0 Å². The molecule has 0 aliphatic rings. The molecule has 0 N–H and O–H groups in total. The quantitative estimate of drug-likeness (QED) is 0.140. The molecule has 1 atom stereocenters. The van der Waals surface area contributed by atoms with Crippen molar-refractivity contribution < 1.29 is 28.5 Å². The van der Waals surface area contributed by atoms with Gasteiger partial charge in [0.25, 0.3) is 0 Å². The van der Waals surface area contributed by atoms with Crippen LogP contribution in [0.25, 0.3) is 0 Å². The molecule has 9 nitrogen and oxygen atoms in total. The fraction of sp³-hybridized carbons (Fsp3) is 0.852. The molecule has 0 bridgehead atoms. The number of unbranched alkanes of at least 4 members (excludes halogenated alkanes) is 9. The van der Waals surface area contributed by atoms with Gasteiger partial charge in [-0.3, -0.25) is 9.59 Å². The number of carbonyl (C=O) groups is 2. The second kappa shape index (κ2) is 22.2. The van der Waals surface area contributed by atoms with E-state index >= 15 is 0 Å². The van der Waals surface area contributed by atoms with Gasteiger partial charge in [0.2, 0.25) is 0 Å². The van der Waals surface area contributed by atoms with Gasteiger partial charge in [-0.15, -0.1) is 5.10 Å². The van der Waals surface area contributed by atoms with Crippen molar-refractivity contribution in [2.24, 2.45) is 0 Å². The Hall–Kier alpha value is -2.00. The van der Waals surface area contributed by atoms with Gasteiger partial charge in [-0.1, -0.05) is 76.8 Å². The number of hydrogen-bond donors (Lipinski definition) is 0. The van der Waals surface area contributed by atoms with Crippen LogP contribution in [0.4, 0.5) is 0 Å².